The van der Waals surface area contributed by atoms with Crippen LogP contribution in [0.5, 0.6) is 0 Å². The number of hydrogen-bond donors (Lipinski definition) is 0. The molecule has 0 spiro atoms. The molecule has 1 aromatic heterocycles. The number of allylic oxidation sites excluding steroid dienone is 2. The first-order chi connectivity index (χ1) is 14.1. The van der Waals surface area contributed by atoms with Crippen LogP contribution in [0.4, 0.5) is 5.69 Å². The largest absolute Gasteiger partial charge is 0.403 e. The molecule has 2 heterocycles. The first-order valence-electron chi connectivity index (χ1n) is 9.68. The second-order valence-electron chi connectivity index (χ2n) is 7.88. The smallest absolute Gasteiger partial charge is 0.347 e. The second kappa shape index (κ2) is 5.73. The van der Waals surface area contributed by atoms with Gasteiger partial charge in [-0.3, -0.25) is 14.5 Å². The Kier molecular flexibility index (Phi) is 3.25. The van der Waals surface area contributed by atoms with E-state index in [2.05, 4.69) is 17.1 Å². The molecule has 142 valence electrons. The molecule has 6 rings (SSSR count). The lowest BCUT2D eigenvalue weighted by Crippen LogP contribution is -2.32. The summed E-state index contributed by atoms with van der Waals surface area (Å²) >= 11 is 0. The SMILES string of the molecule is O=C1[C@@H]2[C@@H](C(=O)N1c1ccc(-c3nc4ccccc4c(=O)o3)cc1)[C@H]1C=C[C@@H]2C1. The van der Waals surface area contributed by atoms with E-state index in [0.717, 1.165) is 6.42 Å². The van der Waals surface area contributed by atoms with Crippen LogP contribution in [0.3, 0.4) is 0 Å². The highest BCUT2D eigenvalue weighted by molar-refractivity contribution is 6.22. The van der Waals surface area contributed by atoms with Gasteiger partial charge >= 0.3 is 5.63 Å². The number of fused-ring (bicyclic) bond motifs is 6. The third kappa shape index (κ3) is 2.23. The lowest BCUT2D eigenvalue weighted by Gasteiger charge is -2.17. The van der Waals surface area contributed by atoms with Crippen molar-refractivity contribution in [3.63, 3.8) is 0 Å². The number of carbonyl (C=O) groups excluding carboxylic acids is 2. The summed E-state index contributed by atoms with van der Waals surface area (Å²) in [5.41, 5.74) is 1.26. The summed E-state index contributed by atoms with van der Waals surface area (Å²) in [5.74, 6) is -0.100. The molecule has 2 aliphatic carbocycles. The van der Waals surface area contributed by atoms with E-state index in [4.69, 9.17) is 4.42 Å². The van der Waals surface area contributed by atoms with Crippen LogP contribution in [-0.2, 0) is 9.59 Å². The maximum absolute atomic E-state index is 12.9. The van der Waals surface area contributed by atoms with Gasteiger partial charge in [0.25, 0.3) is 0 Å². The average molecular weight is 384 g/mol. The van der Waals surface area contributed by atoms with Gasteiger partial charge < -0.3 is 4.42 Å². The number of amides is 2. The fourth-order valence-electron chi connectivity index (χ4n) is 5.05. The minimum atomic E-state index is -0.449. The summed E-state index contributed by atoms with van der Waals surface area (Å²) < 4.78 is 5.36. The molecule has 6 heteroatoms. The van der Waals surface area contributed by atoms with Crippen LogP contribution in [0, 0.1) is 23.7 Å². The number of rotatable bonds is 2. The molecule has 0 unspecified atom stereocenters. The molecule has 6 nitrogen and oxygen atoms in total. The van der Waals surface area contributed by atoms with E-state index in [1.807, 2.05) is 6.07 Å². The number of hydrogen-bond acceptors (Lipinski definition) is 5. The van der Waals surface area contributed by atoms with Crippen LogP contribution >= 0.6 is 0 Å². The van der Waals surface area contributed by atoms with E-state index in [0.29, 0.717) is 22.2 Å². The van der Waals surface area contributed by atoms with Crippen LogP contribution < -0.4 is 10.5 Å². The Labute approximate surface area is 165 Å². The van der Waals surface area contributed by atoms with Crippen LogP contribution in [0.2, 0.25) is 0 Å². The van der Waals surface area contributed by atoms with Crippen LogP contribution in [0.15, 0.2) is 69.9 Å². The highest BCUT2D eigenvalue weighted by Crippen LogP contribution is 2.53. The number of carbonyl (C=O) groups is 2. The van der Waals surface area contributed by atoms with Crippen molar-refractivity contribution in [2.45, 2.75) is 6.42 Å². The van der Waals surface area contributed by atoms with E-state index < -0.39 is 5.63 Å². The molecule has 0 N–H and O–H groups in total. The minimum Gasteiger partial charge on any atom is -0.403 e. The van der Waals surface area contributed by atoms with Crippen molar-refractivity contribution in [3.05, 3.63) is 71.1 Å². The number of anilines is 1. The number of imide groups is 1. The fraction of sp³-hybridized carbons (Fsp3) is 0.217. The Morgan fingerprint density at radius 1 is 0.862 bits per heavy atom. The zero-order chi connectivity index (χ0) is 19.7. The standard InChI is InChI=1S/C23H16N2O4/c26-21-18-13-5-6-14(11-13)19(18)22(27)25(21)15-9-7-12(8-10-15)20-24-17-4-2-1-3-16(17)23(28)29-20/h1-10,13-14,18-19H,11H2/t13-,14+,18-,19-/m0/s1. The normalized spacial score (nSPS) is 27.2. The third-order valence-corrected chi connectivity index (χ3v) is 6.38. The molecule has 2 aromatic carbocycles. The van der Waals surface area contributed by atoms with Gasteiger partial charge in [-0.05, 0) is 54.7 Å². The summed E-state index contributed by atoms with van der Waals surface area (Å²) in [4.78, 5) is 43.8. The Bertz CT molecular complexity index is 1240. The number of nitrogens with zero attached hydrogens (tertiary/aromatic N) is 2. The van der Waals surface area contributed by atoms with Crippen LogP contribution in [0.25, 0.3) is 22.4 Å². The van der Waals surface area contributed by atoms with Gasteiger partial charge in [0.15, 0.2) is 0 Å². The first-order valence-corrected chi connectivity index (χ1v) is 9.68. The van der Waals surface area contributed by atoms with Gasteiger partial charge in [-0.15, -0.1) is 0 Å². The minimum absolute atomic E-state index is 0.111. The predicted octanol–water partition coefficient (Wildman–Crippen LogP) is 3.17. The molecule has 1 saturated heterocycles. The number of benzene rings is 2. The van der Waals surface area contributed by atoms with Crippen molar-refractivity contribution in [2.24, 2.45) is 23.7 Å². The van der Waals surface area contributed by atoms with Crippen molar-refractivity contribution in [1.29, 1.82) is 0 Å². The van der Waals surface area contributed by atoms with Gasteiger partial charge in [-0.1, -0.05) is 24.3 Å². The third-order valence-electron chi connectivity index (χ3n) is 6.38. The van der Waals surface area contributed by atoms with E-state index in [9.17, 15) is 14.4 Å². The molecular weight excluding hydrogens is 368 g/mol. The van der Waals surface area contributed by atoms with Crippen LogP contribution in [0.1, 0.15) is 6.42 Å². The molecule has 3 aromatic rings. The Morgan fingerprint density at radius 3 is 2.21 bits per heavy atom. The first kappa shape index (κ1) is 16.4. The van der Waals surface area contributed by atoms with Crippen molar-refractivity contribution in [3.8, 4) is 11.5 Å². The lowest BCUT2D eigenvalue weighted by molar-refractivity contribution is -0.123. The predicted molar refractivity (Wildman–Crippen MR) is 106 cm³/mol. The van der Waals surface area contributed by atoms with Gasteiger partial charge in [0.05, 0.1) is 28.4 Å². The highest BCUT2D eigenvalue weighted by atomic mass is 16.4. The summed E-state index contributed by atoms with van der Waals surface area (Å²) in [7, 11) is 0. The quantitative estimate of drug-likeness (QED) is 0.501. The van der Waals surface area contributed by atoms with E-state index in [-0.39, 0.29) is 41.4 Å². The molecule has 2 fully saturated rings. The molecule has 1 aliphatic heterocycles. The van der Waals surface area contributed by atoms with Gasteiger partial charge in [-0.2, -0.15) is 0 Å². The van der Waals surface area contributed by atoms with E-state index in [1.165, 1.54) is 4.90 Å². The second-order valence-corrected chi connectivity index (χ2v) is 7.88. The van der Waals surface area contributed by atoms with Gasteiger partial charge in [-0.25, -0.2) is 9.78 Å². The maximum atomic E-state index is 12.9. The zero-order valence-corrected chi connectivity index (χ0v) is 15.3. The van der Waals surface area contributed by atoms with E-state index >= 15 is 0 Å². The number of aromatic nitrogens is 1. The number of para-hydroxylation sites is 1. The van der Waals surface area contributed by atoms with Gasteiger partial charge in [0, 0.05) is 5.56 Å². The summed E-state index contributed by atoms with van der Waals surface area (Å²) in [6, 6.07) is 13.9. The molecular formula is C23H16N2O4. The molecule has 4 atom stereocenters. The Morgan fingerprint density at radius 2 is 1.52 bits per heavy atom. The Balaban J connectivity index is 1.35. The van der Waals surface area contributed by atoms with Crippen molar-refractivity contribution < 1.29 is 14.0 Å². The average Bonchev–Trinajstić information content (AvgIpc) is 3.42. The van der Waals surface area contributed by atoms with Gasteiger partial charge in [0.1, 0.15) is 0 Å². The van der Waals surface area contributed by atoms with E-state index in [1.54, 1.807) is 42.5 Å². The zero-order valence-electron chi connectivity index (χ0n) is 15.3. The molecule has 2 amide bonds. The topological polar surface area (TPSA) is 80.5 Å². The summed E-state index contributed by atoms with van der Waals surface area (Å²) in [6.07, 6.45) is 5.07. The van der Waals surface area contributed by atoms with Crippen LogP contribution in [-0.4, -0.2) is 16.8 Å². The lowest BCUT2D eigenvalue weighted by atomic mass is 9.85. The highest BCUT2D eigenvalue weighted by Gasteiger charge is 2.59. The monoisotopic (exact) mass is 384 g/mol. The summed E-state index contributed by atoms with van der Waals surface area (Å²) in [6.45, 7) is 0. The maximum Gasteiger partial charge on any atom is 0.347 e. The van der Waals surface area contributed by atoms with Crippen molar-refractivity contribution in [2.75, 3.05) is 4.90 Å². The molecule has 0 radical (unpaired) electrons. The molecule has 2 bridgehead atoms. The molecule has 3 aliphatic rings. The molecule has 29 heavy (non-hydrogen) atoms. The van der Waals surface area contributed by atoms with Crippen molar-refractivity contribution in [1.82, 2.24) is 4.98 Å². The van der Waals surface area contributed by atoms with Gasteiger partial charge in [0.2, 0.25) is 17.7 Å². The van der Waals surface area contributed by atoms with Crippen molar-refractivity contribution >= 4 is 28.4 Å². The fourth-order valence-corrected chi connectivity index (χ4v) is 5.05. The Hall–Kier alpha value is -3.54. The summed E-state index contributed by atoms with van der Waals surface area (Å²) in [5, 5.41) is 0.427. The molecule has 1 saturated carbocycles.